The third-order valence-electron chi connectivity index (χ3n) is 3.96. The van der Waals surface area contributed by atoms with Crippen LogP contribution in [-0.2, 0) is 4.79 Å². The fraction of sp³-hybridized carbons (Fsp3) is 0.556. The summed E-state index contributed by atoms with van der Waals surface area (Å²) < 4.78 is 11.2. The first kappa shape index (κ1) is 18.1. The highest BCUT2D eigenvalue weighted by Crippen LogP contribution is 2.29. The molecule has 1 aromatic rings. The Morgan fingerprint density at radius 3 is 2.42 bits per heavy atom. The quantitative estimate of drug-likeness (QED) is 0.800. The lowest BCUT2D eigenvalue weighted by Crippen LogP contribution is -2.38. The number of hydrogen-bond donors (Lipinski definition) is 0. The van der Waals surface area contributed by atoms with Crippen LogP contribution in [0.25, 0.3) is 0 Å². The standard InChI is InChI=1S/C18H26N2O4/c1-4-23-16-12-14(18(22)19(2)3)8-9-15(16)24-13-17(21)20-10-6-5-7-11-20/h8-9,12H,4-7,10-11,13H2,1-3H3. The summed E-state index contributed by atoms with van der Waals surface area (Å²) in [6, 6.07) is 5.03. The Morgan fingerprint density at radius 1 is 1.08 bits per heavy atom. The Hall–Kier alpha value is -2.24. The van der Waals surface area contributed by atoms with Gasteiger partial charge in [0.05, 0.1) is 6.61 Å². The number of carbonyl (C=O) groups is 2. The Kier molecular flexibility index (Phi) is 6.46. The SMILES string of the molecule is CCOc1cc(C(=O)N(C)C)ccc1OCC(=O)N1CCCCC1. The molecule has 0 aromatic heterocycles. The van der Waals surface area contributed by atoms with Crippen molar-refractivity contribution >= 4 is 11.8 Å². The fourth-order valence-electron chi connectivity index (χ4n) is 2.66. The van der Waals surface area contributed by atoms with Crippen LogP contribution < -0.4 is 9.47 Å². The van der Waals surface area contributed by atoms with Crippen molar-refractivity contribution in [2.45, 2.75) is 26.2 Å². The van der Waals surface area contributed by atoms with Crippen molar-refractivity contribution in [1.29, 1.82) is 0 Å². The molecule has 0 atom stereocenters. The minimum Gasteiger partial charge on any atom is -0.490 e. The van der Waals surface area contributed by atoms with E-state index in [2.05, 4.69) is 0 Å². The minimum atomic E-state index is -0.105. The van der Waals surface area contributed by atoms with Crippen LogP contribution in [0.5, 0.6) is 11.5 Å². The number of ether oxygens (including phenoxy) is 2. The predicted molar refractivity (Wildman–Crippen MR) is 91.6 cm³/mol. The van der Waals surface area contributed by atoms with Crippen LogP contribution >= 0.6 is 0 Å². The smallest absolute Gasteiger partial charge is 0.260 e. The molecule has 6 nitrogen and oxygen atoms in total. The van der Waals surface area contributed by atoms with Crippen molar-refractivity contribution < 1.29 is 19.1 Å². The van der Waals surface area contributed by atoms with Gasteiger partial charge >= 0.3 is 0 Å². The number of rotatable bonds is 6. The van der Waals surface area contributed by atoms with Crippen molar-refractivity contribution in [3.05, 3.63) is 23.8 Å². The molecule has 1 aromatic carbocycles. The van der Waals surface area contributed by atoms with Gasteiger partial charge in [-0.15, -0.1) is 0 Å². The Labute approximate surface area is 143 Å². The molecule has 2 rings (SSSR count). The van der Waals surface area contributed by atoms with Gasteiger partial charge < -0.3 is 19.3 Å². The first-order valence-corrected chi connectivity index (χ1v) is 8.42. The highest BCUT2D eigenvalue weighted by molar-refractivity contribution is 5.94. The van der Waals surface area contributed by atoms with E-state index < -0.39 is 0 Å². The number of carbonyl (C=O) groups excluding carboxylic acids is 2. The minimum absolute atomic E-state index is 0.00871. The number of nitrogens with zero attached hydrogens (tertiary/aromatic N) is 2. The molecule has 0 aliphatic carbocycles. The molecule has 2 amide bonds. The second kappa shape index (κ2) is 8.57. The first-order chi connectivity index (χ1) is 11.5. The molecule has 1 saturated heterocycles. The van der Waals surface area contributed by atoms with Gasteiger partial charge in [-0.25, -0.2) is 0 Å². The monoisotopic (exact) mass is 334 g/mol. The number of piperidine rings is 1. The molecule has 132 valence electrons. The van der Waals surface area contributed by atoms with Gasteiger partial charge in [0, 0.05) is 32.7 Å². The molecule has 0 spiro atoms. The van der Waals surface area contributed by atoms with Crippen molar-refractivity contribution in [3.63, 3.8) is 0 Å². The molecule has 6 heteroatoms. The van der Waals surface area contributed by atoms with E-state index in [4.69, 9.17) is 9.47 Å². The van der Waals surface area contributed by atoms with Crippen LogP contribution in [-0.4, -0.2) is 62.0 Å². The summed E-state index contributed by atoms with van der Waals surface area (Å²) in [5, 5.41) is 0. The van der Waals surface area contributed by atoms with E-state index in [1.165, 1.54) is 11.3 Å². The summed E-state index contributed by atoms with van der Waals surface area (Å²) in [6.45, 7) is 3.91. The number of benzene rings is 1. The largest absolute Gasteiger partial charge is 0.490 e. The maximum Gasteiger partial charge on any atom is 0.260 e. The molecule has 1 aliphatic rings. The van der Waals surface area contributed by atoms with Gasteiger partial charge in [-0.2, -0.15) is 0 Å². The van der Waals surface area contributed by atoms with Gasteiger partial charge in [-0.1, -0.05) is 0 Å². The summed E-state index contributed by atoms with van der Waals surface area (Å²) >= 11 is 0. The van der Waals surface area contributed by atoms with E-state index in [0.29, 0.717) is 23.7 Å². The van der Waals surface area contributed by atoms with Gasteiger partial charge in [-0.05, 0) is 44.4 Å². The number of hydrogen-bond acceptors (Lipinski definition) is 4. The normalized spacial score (nSPS) is 14.2. The third kappa shape index (κ3) is 4.63. The Balaban J connectivity index is 2.05. The van der Waals surface area contributed by atoms with Crippen LogP contribution in [0.2, 0.25) is 0 Å². The second-order valence-corrected chi connectivity index (χ2v) is 6.02. The lowest BCUT2D eigenvalue weighted by Gasteiger charge is -2.26. The zero-order valence-electron chi connectivity index (χ0n) is 14.7. The van der Waals surface area contributed by atoms with Gasteiger partial charge in [0.1, 0.15) is 0 Å². The molecule has 0 N–H and O–H groups in total. The van der Waals surface area contributed by atoms with Crippen LogP contribution in [0.1, 0.15) is 36.5 Å². The zero-order valence-corrected chi connectivity index (χ0v) is 14.7. The average molecular weight is 334 g/mol. The fourth-order valence-corrected chi connectivity index (χ4v) is 2.66. The van der Waals surface area contributed by atoms with E-state index in [1.54, 1.807) is 32.3 Å². The van der Waals surface area contributed by atoms with E-state index in [1.807, 2.05) is 11.8 Å². The molecule has 1 fully saturated rings. The molecule has 0 bridgehead atoms. The number of likely N-dealkylation sites (tertiary alicyclic amines) is 1. The molecular formula is C18H26N2O4. The maximum absolute atomic E-state index is 12.2. The molecule has 0 unspecified atom stereocenters. The van der Waals surface area contributed by atoms with Crippen LogP contribution in [0.15, 0.2) is 18.2 Å². The second-order valence-electron chi connectivity index (χ2n) is 6.02. The summed E-state index contributed by atoms with van der Waals surface area (Å²) in [7, 11) is 3.40. The zero-order chi connectivity index (χ0) is 17.5. The highest BCUT2D eigenvalue weighted by Gasteiger charge is 2.18. The van der Waals surface area contributed by atoms with Crippen molar-refractivity contribution in [2.24, 2.45) is 0 Å². The molecule has 1 aliphatic heterocycles. The van der Waals surface area contributed by atoms with Gasteiger partial charge in [0.2, 0.25) is 0 Å². The lowest BCUT2D eigenvalue weighted by molar-refractivity contribution is -0.134. The average Bonchev–Trinajstić information content (AvgIpc) is 2.60. The lowest BCUT2D eigenvalue weighted by atomic mass is 10.1. The summed E-state index contributed by atoms with van der Waals surface area (Å²) in [5.74, 6) is 0.853. The molecule has 24 heavy (non-hydrogen) atoms. The third-order valence-corrected chi connectivity index (χ3v) is 3.96. The van der Waals surface area contributed by atoms with Gasteiger partial charge in [0.15, 0.2) is 18.1 Å². The van der Waals surface area contributed by atoms with Gasteiger partial charge in [0.25, 0.3) is 11.8 Å². The molecule has 1 heterocycles. The topological polar surface area (TPSA) is 59.1 Å². The van der Waals surface area contributed by atoms with E-state index in [9.17, 15) is 9.59 Å². The summed E-state index contributed by atoms with van der Waals surface area (Å²) in [5.41, 5.74) is 0.526. The van der Waals surface area contributed by atoms with E-state index in [-0.39, 0.29) is 18.4 Å². The molecular weight excluding hydrogens is 308 g/mol. The first-order valence-electron chi connectivity index (χ1n) is 8.42. The predicted octanol–water partition coefficient (Wildman–Crippen LogP) is 2.18. The van der Waals surface area contributed by atoms with E-state index in [0.717, 1.165) is 25.9 Å². The Bertz CT molecular complexity index is 580. The van der Waals surface area contributed by atoms with Crippen molar-refractivity contribution in [1.82, 2.24) is 9.80 Å². The number of amides is 2. The molecule has 0 radical (unpaired) electrons. The summed E-state index contributed by atoms with van der Waals surface area (Å²) in [6.07, 6.45) is 3.29. The van der Waals surface area contributed by atoms with Gasteiger partial charge in [-0.3, -0.25) is 9.59 Å². The van der Waals surface area contributed by atoms with Crippen LogP contribution in [0.3, 0.4) is 0 Å². The highest BCUT2D eigenvalue weighted by atomic mass is 16.5. The summed E-state index contributed by atoms with van der Waals surface area (Å²) in [4.78, 5) is 27.6. The van der Waals surface area contributed by atoms with Crippen molar-refractivity contribution in [3.8, 4) is 11.5 Å². The van der Waals surface area contributed by atoms with Crippen molar-refractivity contribution in [2.75, 3.05) is 40.4 Å². The van der Waals surface area contributed by atoms with Crippen LogP contribution in [0, 0.1) is 0 Å². The maximum atomic E-state index is 12.2. The van der Waals surface area contributed by atoms with Crippen LogP contribution in [0.4, 0.5) is 0 Å². The Morgan fingerprint density at radius 2 is 1.79 bits per heavy atom. The molecule has 0 saturated carbocycles. The van der Waals surface area contributed by atoms with E-state index >= 15 is 0 Å².